The number of amides is 1. The lowest BCUT2D eigenvalue weighted by atomic mass is 10.3. The molecule has 1 amide bonds. The van der Waals surface area contributed by atoms with Crippen LogP contribution in [0, 0.1) is 0 Å². The number of carbonyl (C=O) groups is 1. The van der Waals surface area contributed by atoms with Gasteiger partial charge in [-0.1, -0.05) is 0 Å². The Kier molecular flexibility index (Phi) is 3.25. The highest BCUT2D eigenvalue weighted by molar-refractivity contribution is 9.10. The number of rotatable bonds is 2. The van der Waals surface area contributed by atoms with Crippen molar-refractivity contribution in [3.63, 3.8) is 0 Å². The van der Waals surface area contributed by atoms with Crippen molar-refractivity contribution >= 4 is 27.5 Å². The van der Waals surface area contributed by atoms with Gasteiger partial charge in [0.1, 0.15) is 0 Å². The summed E-state index contributed by atoms with van der Waals surface area (Å²) in [7, 11) is 3.79. The number of halogens is 1. The monoisotopic (exact) mass is 283 g/mol. The highest BCUT2D eigenvalue weighted by atomic mass is 79.9. The Balaban J connectivity index is 2.22. The first-order chi connectivity index (χ1) is 7.58. The van der Waals surface area contributed by atoms with Gasteiger partial charge in [0.25, 0.3) is 0 Å². The molecule has 0 N–H and O–H groups in total. The lowest BCUT2D eigenvalue weighted by Gasteiger charge is -2.19. The van der Waals surface area contributed by atoms with Crippen LogP contribution in [0.2, 0.25) is 0 Å². The quantitative estimate of drug-likeness (QED) is 0.821. The Bertz CT molecular complexity index is 420. The van der Waals surface area contributed by atoms with Crippen LogP contribution in [-0.2, 0) is 11.2 Å². The molecule has 0 radical (unpaired) electrons. The number of aromatic nitrogens is 1. The van der Waals surface area contributed by atoms with Crippen LogP contribution in [0.25, 0.3) is 0 Å². The average Bonchev–Trinajstić information content (AvgIpc) is 2.59. The van der Waals surface area contributed by atoms with Crippen LogP contribution in [0.1, 0.15) is 5.69 Å². The number of hydrogen-bond acceptors (Lipinski definition) is 3. The summed E-state index contributed by atoms with van der Waals surface area (Å²) < 4.78 is 0.913. The van der Waals surface area contributed by atoms with Gasteiger partial charge in [0, 0.05) is 23.6 Å². The molecule has 0 unspecified atom stereocenters. The van der Waals surface area contributed by atoms with Crippen LogP contribution in [-0.4, -0.2) is 43.0 Å². The van der Waals surface area contributed by atoms with Crippen molar-refractivity contribution in [1.82, 2.24) is 9.88 Å². The summed E-state index contributed by atoms with van der Waals surface area (Å²) in [5, 5.41) is 0. The van der Waals surface area contributed by atoms with E-state index in [-0.39, 0.29) is 5.91 Å². The molecule has 1 aromatic heterocycles. The topological polar surface area (TPSA) is 36.4 Å². The molecule has 0 aliphatic carbocycles. The molecule has 4 nitrogen and oxygen atoms in total. The molecule has 0 saturated carbocycles. The maximum atomic E-state index is 12.0. The molecule has 1 aliphatic rings. The Morgan fingerprint density at radius 1 is 1.62 bits per heavy atom. The van der Waals surface area contributed by atoms with Gasteiger partial charge in [-0.3, -0.25) is 9.78 Å². The Hall–Kier alpha value is -0.940. The van der Waals surface area contributed by atoms with Crippen LogP contribution in [0.3, 0.4) is 0 Å². The van der Waals surface area contributed by atoms with E-state index in [1.807, 2.05) is 30.0 Å². The number of nitrogens with zero attached hydrogens (tertiary/aromatic N) is 3. The second-order valence-corrected chi connectivity index (χ2v) is 5.07. The zero-order chi connectivity index (χ0) is 11.7. The summed E-state index contributed by atoms with van der Waals surface area (Å²) in [4.78, 5) is 20.0. The molecule has 0 aromatic carbocycles. The zero-order valence-corrected chi connectivity index (χ0v) is 11.0. The van der Waals surface area contributed by atoms with Gasteiger partial charge >= 0.3 is 0 Å². The minimum Gasteiger partial charge on any atom is -0.309 e. The summed E-state index contributed by atoms with van der Waals surface area (Å²) in [6.45, 7) is 1.18. The van der Waals surface area contributed by atoms with Crippen molar-refractivity contribution in [2.24, 2.45) is 0 Å². The fourth-order valence-corrected chi connectivity index (χ4v) is 2.16. The molecule has 2 heterocycles. The summed E-state index contributed by atoms with van der Waals surface area (Å²) in [6, 6.07) is 1.96. The van der Waals surface area contributed by atoms with E-state index in [0.717, 1.165) is 28.8 Å². The molecule has 0 atom stereocenters. The van der Waals surface area contributed by atoms with Gasteiger partial charge in [-0.15, -0.1) is 0 Å². The van der Waals surface area contributed by atoms with Gasteiger partial charge in [-0.2, -0.15) is 0 Å². The maximum Gasteiger partial charge on any atom is 0.241 e. The fourth-order valence-electron chi connectivity index (χ4n) is 1.84. The van der Waals surface area contributed by atoms with Crippen LogP contribution in [0.5, 0.6) is 0 Å². The van der Waals surface area contributed by atoms with Gasteiger partial charge in [0.05, 0.1) is 17.9 Å². The molecule has 1 aromatic rings. The summed E-state index contributed by atoms with van der Waals surface area (Å²) in [6.07, 6.45) is 2.63. The van der Waals surface area contributed by atoms with Gasteiger partial charge in [0.2, 0.25) is 5.91 Å². The maximum absolute atomic E-state index is 12.0. The highest BCUT2D eigenvalue weighted by Gasteiger charge is 2.25. The smallest absolute Gasteiger partial charge is 0.241 e. The molecule has 0 fully saturated rings. The van der Waals surface area contributed by atoms with Gasteiger partial charge in [0.15, 0.2) is 0 Å². The Morgan fingerprint density at radius 2 is 2.38 bits per heavy atom. The molecule has 0 bridgehead atoms. The third kappa shape index (κ3) is 2.25. The lowest BCUT2D eigenvalue weighted by molar-refractivity contribution is -0.119. The van der Waals surface area contributed by atoms with Crippen LogP contribution < -0.4 is 4.90 Å². The molecule has 5 heteroatoms. The number of carbonyl (C=O) groups excluding carboxylic acids is 1. The number of pyridine rings is 1. The summed E-state index contributed by atoms with van der Waals surface area (Å²) in [5.41, 5.74) is 1.96. The fraction of sp³-hybridized carbons (Fsp3) is 0.455. The Morgan fingerprint density at radius 3 is 3.06 bits per heavy atom. The van der Waals surface area contributed by atoms with E-state index in [1.54, 1.807) is 6.20 Å². The second kappa shape index (κ2) is 4.51. The minimum absolute atomic E-state index is 0.128. The van der Waals surface area contributed by atoms with Crippen molar-refractivity contribution in [3.8, 4) is 0 Å². The summed E-state index contributed by atoms with van der Waals surface area (Å²) >= 11 is 3.38. The van der Waals surface area contributed by atoms with E-state index in [4.69, 9.17) is 0 Å². The first-order valence-electron chi connectivity index (χ1n) is 5.17. The van der Waals surface area contributed by atoms with Crippen LogP contribution in [0.15, 0.2) is 16.7 Å². The predicted molar refractivity (Wildman–Crippen MR) is 66.5 cm³/mol. The first kappa shape index (κ1) is 11.5. The zero-order valence-electron chi connectivity index (χ0n) is 9.40. The van der Waals surface area contributed by atoms with E-state index in [1.165, 1.54) is 0 Å². The third-order valence-electron chi connectivity index (χ3n) is 2.53. The first-order valence-corrected chi connectivity index (χ1v) is 5.97. The molecular formula is C11H14BrN3O. The van der Waals surface area contributed by atoms with E-state index in [0.29, 0.717) is 6.54 Å². The van der Waals surface area contributed by atoms with Crippen LogP contribution >= 0.6 is 15.9 Å². The van der Waals surface area contributed by atoms with E-state index < -0.39 is 0 Å². The van der Waals surface area contributed by atoms with Crippen LogP contribution in [0.4, 0.5) is 5.69 Å². The molecular weight excluding hydrogens is 270 g/mol. The molecule has 2 rings (SSSR count). The molecule has 86 valence electrons. The van der Waals surface area contributed by atoms with Crippen molar-refractivity contribution in [2.45, 2.75) is 6.42 Å². The molecule has 0 spiro atoms. The molecule has 1 aliphatic heterocycles. The largest absolute Gasteiger partial charge is 0.309 e. The van der Waals surface area contributed by atoms with E-state index in [9.17, 15) is 4.79 Å². The van der Waals surface area contributed by atoms with Gasteiger partial charge in [-0.05, 0) is 36.1 Å². The lowest BCUT2D eigenvalue weighted by Crippen LogP contribution is -2.36. The van der Waals surface area contributed by atoms with E-state index >= 15 is 0 Å². The average molecular weight is 284 g/mol. The third-order valence-corrected chi connectivity index (χ3v) is 2.96. The normalized spacial score (nSPS) is 14.4. The highest BCUT2D eigenvalue weighted by Crippen LogP contribution is 2.28. The SMILES string of the molecule is CN(C)CC(=O)N1CCc2ncc(Br)cc21. The molecule has 16 heavy (non-hydrogen) atoms. The number of anilines is 1. The molecule has 0 saturated heterocycles. The Labute approximate surface area is 103 Å². The second-order valence-electron chi connectivity index (χ2n) is 4.15. The minimum atomic E-state index is 0.128. The van der Waals surface area contributed by atoms with Crippen molar-refractivity contribution < 1.29 is 4.79 Å². The number of fused-ring (bicyclic) bond motifs is 1. The van der Waals surface area contributed by atoms with Crippen molar-refractivity contribution in [1.29, 1.82) is 0 Å². The van der Waals surface area contributed by atoms with Crippen molar-refractivity contribution in [3.05, 3.63) is 22.4 Å². The van der Waals surface area contributed by atoms with Gasteiger partial charge in [-0.25, -0.2) is 0 Å². The number of likely N-dealkylation sites (N-methyl/N-ethyl adjacent to an activating group) is 1. The van der Waals surface area contributed by atoms with Crippen molar-refractivity contribution in [2.75, 3.05) is 32.1 Å². The predicted octanol–water partition coefficient (Wildman–Crippen LogP) is 1.29. The standard InChI is InChI=1S/C11H14BrN3O/c1-14(2)7-11(16)15-4-3-9-10(15)5-8(12)6-13-9/h5-6H,3-4,7H2,1-2H3. The number of hydrogen-bond donors (Lipinski definition) is 0. The van der Waals surface area contributed by atoms with Gasteiger partial charge < -0.3 is 9.80 Å². The van der Waals surface area contributed by atoms with E-state index in [2.05, 4.69) is 20.9 Å². The summed E-state index contributed by atoms with van der Waals surface area (Å²) in [5.74, 6) is 0.128.